The zero-order valence-electron chi connectivity index (χ0n) is 11.9. The molecule has 114 valence electrons. The van der Waals surface area contributed by atoms with Crippen LogP contribution in [0.25, 0.3) is 0 Å². The van der Waals surface area contributed by atoms with Crippen LogP contribution in [0.2, 0.25) is 0 Å². The van der Waals surface area contributed by atoms with Crippen LogP contribution in [0, 0.1) is 5.92 Å². The fourth-order valence-corrected chi connectivity index (χ4v) is 4.21. The summed E-state index contributed by atoms with van der Waals surface area (Å²) in [4.78, 5) is 27.2. The van der Waals surface area contributed by atoms with Gasteiger partial charge in [0.25, 0.3) is 11.8 Å². The number of carbonyl (C=O) groups excluding carboxylic acids is 2. The molecule has 6 heteroatoms. The monoisotopic (exact) mass is 316 g/mol. The molecule has 4 rings (SSSR count). The maximum atomic E-state index is 12.4. The largest absolute Gasteiger partial charge is 0.472 e. The zero-order chi connectivity index (χ0) is 15.1. The van der Waals surface area contributed by atoms with Crippen molar-refractivity contribution in [2.24, 2.45) is 5.92 Å². The van der Waals surface area contributed by atoms with Crippen molar-refractivity contribution in [3.05, 3.63) is 46.5 Å². The summed E-state index contributed by atoms with van der Waals surface area (Å²) in [5.41, 5.74) is 0.603. The SMILES string of the molecule is O=C(N[C@H]1C[C@@H]2C[C@H]1CN2C(=O)c1ccoc1)c1cccs1. The van der Waals surface area contributed by atoms with E-state index in [4.69, 9.17) is 4.42 Å². The van der Waals surface area contributed by atoms with Gasteiger partial charge in [0.1, 0.15) is 6.26 Å². The summed E-state index contributed by atoms with van der Waals surface area (Å²) < 4.78 is 4.99. The molecule has 2 amide bonds. The highest BCUT2D eigenvalue weighted by Gasteiger charge is 2.47. The van der Waals surface area contributed by atoms with Gasteiger partial charge in [-0.05, 0) is 36.3 Å². The van der Waals surface area contributed by atoms with E-state index in [-0.39, 0.29) is 23.9 Å². The van der Waals surface area contributed by atoms with E-state index in [0.29, 0.717) is 18.0 Å². The molecule has 2 aliphatic rings. The molecule has 0 radical (unpaired) electrons. The summed E-state index contributed by atoms with van der Waals surface area (Å²) in [5, 5.41) is 5.03. The molecule has 1 aliphatic carbocycles. The quantitative estimate of drug-likeness (QED) is 0.945. The second-order valence-electron chi connectivity index (χ2n) is 5.91. The number of rotatable bonds is 3. The molecule has 1 N–H and O–H groups in total. The van der Waals surface area contributed by atoms with Gasteiger partial charge in [-0.25, -0.2) is 0 Å². The first-order chi connectivity index (χ1) is 10.7. The Bertz CT molecular complexity index is 680. The standard InChI is InChI=1S/C16H16N2O3S/c19-15(14-2-1-5-22-14)17-13-7-12-6-11(13)8-18(12)16(20)10-3-4-21-9-10/h1-5,9,11-13H,6-8H2,(H,17,19)/t11-,12-,13-/m0/s1. The summed E-state index contributed by atoms with van der Waals surface area (Å²) in [7, 11) is 0. The van der Waals surface area contributed by atoms with Gasteiger partial charge in [0.15, 0.2) is 0 Å². The predicted molar refractivity (Wildman–Crippen MR) is 81.8 cm³/mol. The van der Waals surface area contributed by atoms with E-state index in [2.05, 4.69) is 5.32 Å². The predicted octanol–water partition coefficient (Wildman–Crippen LogP) is 2.37. The molecule has 2 bridgehead atoms. The van der Waals surface area contributed by atoms with Crippen LogP contribution in [0.1, 0.15) is 32.9 Å². The van der Waals surface area contributed by atoms with Crippen molar-refractivity contribution in [3.8, 4) is 0 Å². The number of nitrogens with one attached hydrogen (secondary N) is 1. The fraction of sp³-hybridized carbons (Fsp3) is 0.375. The molecule has 3 atom stereocenters. The van der Waals surface area contributed by atoms with Crippen LogP contribution in [-0.4, -0.2) is 35.3 Å². The lowest BCUT2D eigenvalue weighted by molar-refractivity contribution is 0.0679. The van der Waals surface area contributed by atoms with Crippen LogP contribution in [-0.2, 0) is 0 Å². The van der Waals surface area contributed by atoms with Crippen molar-refractivity contribution in [1.82, 2.24) is 10.2 Å². The van der Waals surface area contributed by atoms with Gasteiger partial charge >= 0.3 is 0 Å². The van der Waals surface area contributed by atoms with E-state index in [1.807, 2.05) is 22.4 Å². The lowest BCUT2D eigenvalue weighted by atomic mass is 10.0. The first-order valence-electron chi connectivity index (χ1n) is 7.40. The molecule has 2 aromatic rings. The van der Waals surface area contributed by atoms with Gasteiger partial charge in [-0.15, -0.1) is 11.3 Å². The Morgan fingerprint density at radius 3 is 2.86 bits per heavy atom. The third-order valence-corrected chi connectivity index (χ3v) is 5.50. The highest BCUT2D eigenvalue weighted by Crippen LogP contribution is 2.38. The summed E-state index contributed by atoms with van der Waals surface area (Å²) in [6, 6.07) is 5.81. The molecule has 22 heavy (non-hydrogen) atoms. The third kappa shape index (κ3) is 2.23. The van der Waals surface area contributed by atoms with Gasteiger partial charge in [-0.2, -0.15) is 0 Å². The Labute approximate surface area is 131 Å². The molecule has 0 unspecified atom stereocenters. The minimum atomic E-state index is 0.000242. The number of piperidine rings is 1. The van der Waals surface area contributed by atoms with Crippen molar-refractivity contribution in [3.63, 3.8) is 0 Å². The summed E-state index contributed by atoms with van der Waals surface area (Å²) in [5.74, 6) is 0.384. The summed E-state index contributed by atoms with van der Waals surface area (Å²) in [6.45, 7) is 0.712. The molecule has 2 fully saturated rings. The smallest absolute Gasteiger partial charge is 0.261 e. The van der Waals surface area contributed by atoms with Crippen LogP contribution in [0.15, 0.2) is 40.5 Å². The molecular weight excluding hydrogens is 300 g/mol. The molecule has 0 aromatic carbocycles. The number of fused-ring (bicyclic) bond motifs is 2. The normalized spacial score (nSPS) is 26.4. The maximum absolute atomic E-state index is 12.4. The van der Waals surface area contributed by atoms with Gasteiger partial charge in [-0.1, -0.05) is 6.07 Å². The van der Waals surface area contributed by atoms with Crippen molar-refractivity contribution < 1.29 is 14.0 Å². The highest BCUT2D eigenvalue weighted by atomic mass is 32.1. The minimum absolute atomic E-state index is 0.000242. The number of nitrogens with zero attached hydrogens (tertiary/aromatic N) is 1. The van der Waals surface area contributed by atoms with E-state index >= 15 is 0 Å². The van der Waals surface area contributed by atoms with Crippen molar-refractivity contribution in [2.45, 2.75) is 24.9 Å². The highest BCUT2D eigenvalue weighted by molar-refractivity contribution is 7.12. The Balaban J connectivity index is 1.40. The number of likely N-dealkylation sites (tertiary alicyclic amines) is 1. The average Bonchev–Trinajstić information content (AvgIpc) is 3.28. The maximum Gasteiger partial charge on any atom is 0.261 e. The third-order valence-electron chi connectivity index (χ3n) is 4.63. The zero-order valence-corrected chi connectivity index (χ0v) is 12.7. The van der Waals surface area contributed by atoms with Gasteiger partial charge < -0.3 is 14.6 Å². The van der Waals surface area contributed by atoms with Crippen LogP contribution in [0.5, 0.6) is 0 Å². The number of furan rings is 1. The Hall–Kier alpha value is -2.08. The lowest BCUT2D eigenvalue weighted by Gasteiger charge is -2.31. The van der Waals surface area contributed by atoms with Crippen LogP contribution in [0.3, 0.4) is 0 Å². The van der Waals surface area contributed by atoms with E-state index in [0.717, 1.165) is 17.7 Å². The summed E-state index contributed by atoms with van der Waals surface area (Å²) in [6.07, 6.45) is 4.82. The second kappa shape index (κ2) is 5.28. The molecule has 3 heterocycles. The Morgan fingerprint density at radius 1 is 1.32 bits per heavy atom. The van der Waals surface area contributed by atoms with Gasteiger partial charge in [0.2, 0.25) is 0 Å². The Kier molecular flexibility index (Phi) is 3.26. The van der Waals surface area contributed by atoms with E-state index < -0.39 is 0 Å². The number of hydrogen-bond donors (Lipinski definition) is 1. The first kappa shape index (κ1) is 13.6. The van der Waals surface area contributed by atoms with Crippen LogP contribution in [0.4, 0.5) is 0 Å². The topological polar surface area (TPSA) is 62.6 Å². The number of amides is 2. The van der Waals surface area contributed by atoms with Crippen LogP contribution >= 0.6 is 11.3 Å². The van der Waals surface area contributed by atoms with Gasteiger partial charge in [0, 0.05) is 18.6 Å². The van der Waals surface area contributed by atoms with Gasteiger partial charge in [-0.3, -0.25) is 9.59 Å². The molecule has 5 nitrogen and oxygen atoms in total. The number of thiophene rings is 1. The van der Waals surface area contributed by atoms with Gasteiger partial charge in [0.05, 0.1) is 16.7 Å². The molecule has 1 aliphatic heterocycles. The number of hydrogen-bond acceptors (Lipinski definition) is 4. The number of carbonyl (C=O) groups is 2. The first-order valence-corrected chi connectivity index (χ1v) is 8.28. The minimum Gasteiger partial charge on any atom is -0.472 e. The van der Waals surface area contributed by atoms with Crippen molar-refractivity contribution in [2.75, 3.05) is 6.54 Å². The molecule has 2 aromatic heterocycles. The molecular formula is C16H16N2O3S. The van der Waals surface area contributed by atoms with Crippen molar-refractivity contribution >= 4 is 23.2 Å². The van der Waals surface area contributed by atoms with E-state index in [1.165, 1.54) is 23.9 Å². The van der Waals surface area contributed by atoms with E-state index in [9.17, 15) is 9.59 Å². The average molecular weight is 316 g/mol. The molecule has 0 spiro atoms. The van der Waals surface area contributed by atoms with Crippen LogP contribution < -0.4 is 5.32 Å². The lowest BCUT2D eigenvalue weighted by Crippen LogP contribution is -2.47. The second-order valence-corrected chi connectivity index (χ2v) is 6.86. The van der Waals surface area contributed by atoms with Crippen molar-refractivity contribution in [1.29, 1.82) is 0 Å². The molecule has 1 saturated heterocycles. The molecule has 1 saturated carbocycles. The fourth-order valence-electron chi connectivity index (χ4n) is 3.58. The summed E-state index contributed by atoms with van der Waals surface area (Å²) >= 11 is 1.45. The Morgan fingerprint density at radius 2 is 2.23 bits per heavy atom. The van der Waals surface area contributed by atoms with E-state index in [1.54, 1.807) is 6.07 Å².